The van der Waals surface area contributed by atoms with Crippen LogP contribution in [0, 0.1) is 5.92 Å². The Morgan fingerprint density at radius 1 is 1.11 bits per heavy atom. The van der Waals surface area contributed by atoms with Gasteiger partial charge in [-0.3, -0.25) is 14.4 Å². The van der Waals surface area contributed by atoms with Crippen molar-refractivity contribution in [2.24, 2.45) is 5.92 Å². The molecule has 0 saturated carbocycles. The predicted molar refractivity (Wildman–Crippen MR) is 185 cm³/mol. The van der Waals surface area contributed by atoms with Gasteiger partial charge in [0.15, 0.2) is 11.2 Å². The molecule has 1 aliphatic heterocycles. The summed E-state index contributed by atoms with van der Waals surface area (Å²) < 4.78 is 17.2. The number of fused-ring (bicyclic) bond motifs is 1. The number of esters is 1. The number of hydrogen-bond donors (Lipinski definition) is 3. The number of benzene rings is 1. The molecular weight excluding hydrogens is 586 g/mol. The second-order valence-corrected chi connectivity index (χ2v) is 11.4. The van der Waals surface area contributed by atoms with E-state index in [1.165, 1.54) is 20.0 Å². The van der Waals surface area contributed by atoms with E-state index in [0.29, 0.717) is 62.0 Å². The predicted octanol–water partition coefficient (Wildman–Crippen LogP) is 5.15. The Hall–Kier alpha value is -3.47. The van der Waals surface area contributed by atoms with Crippen LogP contribution in [0.2, 0.25) is 0 Å². The standard InChI is InChI=1S/C28H39N3O5.C7H14O.CH4O/c1-6-31-19-24(26(32)13-10-20(3)30-18-21(4)36-7-2)28(34)23-17-22(11-12-25(23)31)9-8-15-29-16-14-27(33)35-5;1-6-3-4-8-7(2)5-6;1-2/h11-12,17,19,29-30H,3-4,6-10,13-16,18H2,1-2,5H3;6-7H,3-5H2,1-2H3;2H,1H3. The first kappa shape index (κ1) is 40.6. The number of aryl methyl sites for hydroxylation is 2. The molecule has 0 aliphatic carbocycles. The van der Waals surface area contributed by atoms with E-state index in [1.807, 2.05) is 36.6 Å². The molecule has 3 N–H and O–H groups in total. The van der Waals surface area contributed by atoms with E-state index in [9.17, 15) is 14.4 Å². The molecule has 0 amide bonds. The number of rotatable bonds is 17. The molecule has 3 rings (SSSR count). The second kappa shape index (κ2) is 22.9. The molecule has 0 spiro atoms. The largest absolute Gasteiger partial charge is 0.497 e. The van der Waals surface area contributed by atoms with Gasteiger partial charge in [0.2, 0.25) is 0 Å². The van der Waals surface area contributed by atoms with Crippen molar-refractivity contribution < 1.29 is 28.9 Å². The third-order valence-corrected chi connectivity index (χ3v) is 7.62. The molecule has 2 unspecified atom stereocenters. The Morgan fingerprint density at radius 3 is 2.46 bits per heavy atom. The molecule has 1 fully saturated rings. The van der Waals surface area contributed by atoms with Gasteiger partial charge in [-0.1, -0.05) is 26.1 Å². The molecule has 0 radical (unpaired) electrons. The number of allylic oxidation sites excluding steroid dienone is 1. The molecular formula is C36H57N3O7. The third-order valence-electron chi connectivity index (χ3n) is 7.62. The van der Waals surface area contributed by atoms with Crippen LogP contribution in [0.15, 0.2) is 53.8 Å². The number of ether oxygens (including phenoxy) is 3. The van der Waals surface area contributed by atoms with Crippen LogP contribution >= 0.6 is 0 Å². The van der Waals surface area contributed by atoms with Crippen molar-refractivity contribution in [2.45, 2.75) is 85.3 Å². The molecule has 10 nitrogen and oxygen atoms in total. The number of aromatic nitrogens is 1. The minimum Gasteiger partial charge on any atom is -0.497 e. The monoisotopic (exact) mass is 643 g/mol. The van der Waals surface area contributed by atoms with Crippen molar-refractivity contribution in [3.63, 3.8) is 0 Å². The molecule has 1 aliphatic rings. The van der Waals surface area contributed by atoms with Gasteiger partial charge < -0.3 is 34.5 Å². The van der Waals surface area contributed by atoms with E-state index < -0.39 is 0 Å². The summed E-state index contributed by atoms with van der Waals surface area (Å²) in [6.07, 6.45) is 7.28. The number of ketones is 1. The minimum absolute atomic E-state index is 0.189. The number of nitrogens with one attached hydrogen (secondary N) is 2. The fourth-order valence-electron chi connectivity index (χ4n) is 5.08. The zero-order valence-electron chi connectivity index (χ0n) is 28.9. The van der Waals surface area contributed by atoms with Gasteiger partial charge in [0, 0.05) is 50.5 Å². The summed E-state index contributed by atoms with van der Waals surface area (Å²) in [5.41, 5.74) is 2.52. The lowest BCUT2D eigenvalue weighted by Crippen LogP contribution is -2.21. The highest BCUT2D eigenvalue weighted by Gasteiger charge is 2.16. The number of carbonyl (C=O) groups excluding carboxylic acids is 2. The maximum Gasteiger partial charge on any atom is 0.306 e. The van der Waals surface area contributed by atoms with Crippen molar-refractivity contribution in [2.75, 3.05) is 47.1 Å². The highest BCUT2D eigenvalue weighted by molar-refractivity contribution is 5.99. The normalized spacial score (nSPS) is 15.5. The quantitative estimate of drug-likeness (QED) is 0.0928. The second-order valence-electron chi connectivity index (χ2n) is 11.4. The topological polar surface area (TPSA) is 128 Å². The highest BCUT2D eigenvalue weighted by atomic mass is 16.5. The summed E-state index contributed by atoms with van der Waals surface area (Å²) in [6, 6.07) is 5.87. The summed E-state index contributed by atoms with van der Waals surface area (Å²) in [5.74, 6) is 1.07. The van der Waals surface area contributed by atoms with Gasteiger partial charge in [-0.25, -0.2) is 0 Å². The highest BCUT2D eigenvalue weighted by Crippen LogP contribution is 2.19. The third kappa shape index (κ3) is 14.7. The first-order chi connectivity index (χ1) is 22.1. The SMILES string of the molecule is C=C(CCC(=O)c1cn(CC)c2ccc(CCCNCCC(=O)OC)cc2c1=O)NCC(=C)OCC.CC1CCOC(C)C1.CO. The average molecular weight is 644 g/mol. The van der Waals surface area contributed by atoms with Crippen LogP contribution in [0.5, 0.6) is 0 Å². The Bertz CT molecular complexity index is 1300. The van der Waals surface area contributed by atoms with E-state index in [1.54, 1.807) is 6.20 Å². The maximum absolute atomic E-state index is 13.3. The van der Waals surface area contributed by atoms with E-state index in [2.05, 4.69) is 42.4 Å². The van der Waals surface area contributed by atoms with Crippen molar-refractivity contribution in [3.8, 4) is 0 Å². The van der Waals surface area contributed by atoms with Gasteiger partial charge in [0.05, 0.1) is 43.9 Å². The smallest absolute Gasteiger partial charge is 0.306 e. The lowest BCUT2D eigenvalue weighted by molar-refractivity contribution is -0.140. The fourth-order valence-corrected chi connectivity index (χ4v) is 5.08. The minimum atomic E-state index is -0.235. The summed E-state index contributed by atoms with van der Waals surface area (Å²) in [4.78, 5) is 37.4. The molecule has 10 heteroatoms. The Kier molecular flexibility index (Phi) is 20.2. The van der Waals surface area contributed by atoms with Crippen LogP contribution in [-0.2, 0) is 32.0 Å². The zero-order valence-corrected chi connectivity index (χ0v) is 28.9. The van der Waals surface area contributed by atoms with Crippen LogP contribution in [-0.4, -0.2) is 74.6 Å². The van der Waals surface area contributed by atoms with Crippen molar-refractivity contribution in [1.82, 2.24) is 15.2 Å². The summed E-state index contributed by atoms with van der Waals surface area (Å²) in [5, 5.41) is 13.9. The van der Waals surface area contributed by atoms with Gasteiger partial charge in [0.25, 0.3) is 0 Å². The summed E-state index contributed by atoms with van der Waals surface area (Å²) in [7, 11) is 2.38. The molecule has 1 aromatic carbocycles. The van der Waals surface area contributed by atoms with Gasteiger partial charge in [-0.05, 0) is 83.0 Å². The fraction of sp³-hybridized carbons (Fsp3) is 0.583. The number of nitrogens with zero attached hydrogens (tertiary/aromatic N) is 1. The lowest BCUT2D eigenvalue weighted by atomic mass is 9.99. The summed E-state index contributed by atoms with van der Waals surface area (Å²) in [6.45, 7) is 20.0. The van der Waals surface area contributed by atoms with Crippen LogP contribution < -0.4 is 16.1 Å². The zero-order chi connectivity index (χ0) is 34.5. The average Bonchev–Trinajstić information content (AvgIpc) is 3.05. The van der Waals surface area contributed by atoms with Crippen LogP contribution in [0.25, 0.3) is 10.9 Å². The number of pyridine rings is 1. The number of Topliss-reactive ketones (excluding diaryl/α,β-unsaturated/α-hetero) is 1. The molecule has 258 valence electrons. The van der Waals surface area contributed by atoms with Gasteiger partial charge in [-0.15, -0.1) is 0 Å². The number of carbonyl (C=O) groups is 2. The van der Waals surface area contributed by atoms with Crippen LogP contribution in [0.1, 0.15) is 82.1 Å². The molecule has 0 bridgehead atoms. The number of aliphatic hydroxyl groups is 1. The Morgan fingerprint density at radius 2 is 1.85 bits per heavy atom. The van der Waals surface area contributed by atoms with Crippen molar-refractivity contribution >= 4 is 22.7 Å². The lowest BCUT2D eigenvalue weighted by Gasteiger charge is -2.23. The van der Waals surface area contributed by atoms with Crippen LogP contribution in [0.3, 0.4) is 0 Å². The van der Waals surface area contributed by atoms with Gasteiger partial charge >= 0.3 is 5.97 Å². The van der Waals surface area contributed by atoms with Crippen molar-refractivity contribution in [3.05, 3.63) is 70.4 Å². The van der Waals surface area contributed by atoms with E-state index in [-0.39, 0.29) is 29.2 Å². The van der Waals surface area contributed by atoms with E-state index in [0.717, 1.165) is 50.1 Å². The number of methoxy groups -OCH3 is 1. The molecule has 1 aromatic heterocycles. The number of hydrogen-bond acceptors (Lipinski definition) is 9. The maximum atomic E-state index is 13.3. The number of aliphatic hydroxyl groups excluding tert-OH is 1. The summed E-state index contributed by atoms with van der Waals surface area (Å²) >= 11 is 0. The Balaban J connectivity index is 0.000000905. The first-order valence-corrected chi connectivity index (χ1v) is 16.3. The van der Waals surface area contributed by atoms with Crippen LogP contribution in [0.4, 0.5) is 0 Å². The van der Waals surface area contributed by atoms with E-state index in [4.69, 9.17) is 14.6 Å². The molecule has 2 heterocycles. The van der Waals surface area contributed by atoms with Gasteiger partial charge in [-0.2, -0.15) is 0 Å². The molecule has 46 heavy (non-hydrogen) atoms. The first-order valence-electron chi connectivity index (χ1n) is 16.3. The van der Waals surface area contributed by atoms with Crippen molar-refractivity contribution in [1.29, 1.82) is 0 Å². The van der Waals surface area contributed by atoms with E-state index >= 15 is 0 Å². The molecule has 1 saturated heterocycles. The molecule has 2 atom stereocenters. The van der Waals surface area contributed by atoms with Gasteiger partial charge in [0.1, 0.15) is 5.76 Å². The molecule has 2 aromatic rings. The Labute approximate surface area is 275 Å².